The zero-order chi connectivity index (χ0) is 24.1. The van der Waals surface area contributed by atoms with Crippen LogP contribution in [0.4, 0.5) is 8.78 Å². The molecule has 0 aliphatic carbocycles. The molecule has 9 nitrogen and oxygen atoms in total. The van der Waals surface area contributed by atoms with Gasteiger partial charge in [-0.3, -0.25) is 4.68 Å². The molecule has 0 saturated carbocycles. The zero-order valence-electron chi connectivity index (χ0n) is 17.8. The second-order valence-corrected chi connectivity index (χ2v) is 7.94. The third-order valence-corrected chi connectivity index (χ3v) is 5.73. The standard InChI is InChI=1S/C24H14F2N8O/c25-17-7-15(23-18(26)11-28-33(23)12-14-3-1-13(10-27)2-4-14)8-21-22(17)31-32-34(21)16-5-6-19-20(9-16)30-24(35)29-19/h1-9,11H,12H2,(H2,29,30,35). The fourth-order valence-corrected chi connectivity index (χ4v) is 4.09. The van der Waals surface area contributed by atoms with E-state index in [4.69, 9.17) is 5.26 Å². The Morgan fingerprint density at radius 1 is 0.971 bits per heavy atom. The molecule has 6 aromatic rings. The second-order valence-electron chi connectivity index (χ2n) is 7.94. The average molecular weight is 468 g/mol. The Morgan fingerprint density at radius 2 is 1.77 bits per heavy atom. The minimum atomic E-state index is -0.662. The minimum absolute atomic E-state index is 0.0231. The monoisotopic (exact) mass is 468 g/mol. The van der Waals surface area contributed by atoms with Crippen LogP contribution >= 0.6 is 0 Å². The van der Waals surface area contributed by atoms with Crippen molar-refractivity contribution < 1.29 is 8.78 Å². The molecule has 3 aromatic carbocycles. The van der Waals surface area contributed by atoms with Gasteiger partial charge in [-0.1, -0.05) is 17.3 Å². The lowest BCUT2D eigenvalue weighted by molar-refractivity contribution is 0.623. The average Bonchev–Trinajstić information content (AvgIpc) is 3.55. The number of imidazole rings is 1. The fraction of sp³-hybridized carbons (Fsp3) is 0.0417. The van der Waals surface area contributed by atoms with E-state index in [1.54, 1.807) is 48.5 Å². The van der Waals surface area contributed by atoms with Crippen LogP contribution in [0.3, 0.4) is 0 Å². The Balaban J connectivity index is 1.46. The molecular weight excluding hydrogens is 454 g/mol. The predicted molar refractivity (Wildman–Crippen MR) is 123 cm³/mol. The third kappa shape index (κ3) is 3.44. The maximum absolute atomic E-state index is 15.0. The number of aromatic amines is 2. The van der Waals surface area contributed by atoms with E-state index in [9.17, 15) is 9.18 Å². The SMILES string of the molecule is N#Cc1ccc(Cn2ncc(F)c2-c2cc(F)c3nnn(-c4ccc5[nH]c(=O)[nH]c5c4)c3c2)cc1. The lowest BCUT2D eigenvalue weighted by Gasteiger charge is -2.10. The number of nitrogens with one attached hydrogen (secondary N) is 2. The van der Waals surface area contributed by atoms with Gasteiger partial charge in [-0.25, -0.2) is 18.3 Å². The van der Waals surface area contributed by atoms with Crippen molar-refractivity contribution in [1.82, 2.24) is 34.7 Å². The summed E-state index contributed by atoms with van der Waals surface area (Å²) < 4.78 is 32.8. The van der Waals surface area contributed by atoms with Gasteiger partial charge in [0.05, 0.1) is 46.6 Å². The Kier molecular flexibility index (Phi) is 4.53. The largest absolute Gasteiger partial charge is 0.323 e. The first kappa shape index (κ1) is 20.5. The van der Waals surface area contributed by atoms with Gasteiger partial charge in [-0.2, -0.15) is 10.4 Å². The van der Waals surface area contributed by atoms with Gasteiger partial charge in [0.25, 0.3) is 0 Å². The number of aromatic nitrogens is 7. The summed E-state index contributed by atoms with van der Waals surface area (Å²) in [5.41, 5.74) is 3.39. The van der Waals surface area contributed by atoms with Crippen molar-refractivity contribution >= 4 is 22.1 Å². The van der Waals surface area contributed by atoms with Gasteiger partial charge in [0.2, 0.25) is 0 Å². The molecule has 0 saturated heterocycles. The molecule has 170 valence electrons. The molecule has 11 heteroatoms. The van der Waals surface area contributed by atoms with Crippen LogP contribution in [0.1, 0.15) is 11.1 Å². The van der Waals surface area contributed by atoms with Gasteiger partial charge in [0.1, 0.15) is 11.2 Å². The highest BCUT2D eigenvalue weighted by Gasteiger charge is 2.19. The molecule has 3 heterocycles. The van der Waals surface area contributed by atoms with Crippen LogP contribution in [-0.2, 0) is 6.54 Å². The van der Waals surface area contributed by atoms with E-state index >= 15 is 4.39 Å². The van der Waals surface area contributed by atoms with E-state index in [0.29, 0.717) is 27.8 Å². The summed E-state index contributed by atoms with van der Waals surface area (Å²) in [5, 5.41) is 21.1. The molecule has 0 fully saturated rings. The third-order valence-electron chi connectivity index (χ3n) is 5.73. The quantitative estimate of drug-likeness (QED) is 0.409. The molecule has 0 amide bonds. The number of hydrogen-bond acceptors (Lipinski definition) is 5. The summed E-state index contributed by atoms with van der Waals surface area (Å²) in [6.45, 7) is 0.222. The molecule has 2 N–H and O–H groups in total. The second kappa shape index (κ2) is 7.74. The molecule has 0 bridgehead atoms. The molecule has 0 radical (unpaired) electrons. The number of fused-ring (bicyclic) bond motifs is 2. The number of nitrogens with zero attached hydrogens (tertiary/aromatic N) is 6. The van der Waals surface area contributed by atoms with E-state index in [1.807, 2.05) is 0 Å². The Labute approximate surface area is 194 Å². The summed E-state index contributed by atoms with van der Waals surface area (Å²) >= 11 is 0. The van der Waals surface area contributed by atoms with E-state index < -0.39 is 11.6 Å². The Hall–Kier alpha value is -5.11. The normalized spacial score (nSPS) is 11.3. The van der Waals surface area contributed by atoms with E-state index in [1.165, 1.54) is 15.4 Å². The van der Waals surface area contributed by atoms with Crippen LogP contribution in [0, 0.1) is 23.0 Å². The van der Waals surface area contributed by atoms with Crippen LogP contribution in [-0.4, -0.2) is 34.7 Å². The van der Waals surface area contributed by atoms with Gasteiger partial charge in [-0.15, -0.1) is 5.10 Å². The summed E-state index contributed by atoms with van der Waals surface area (Å²) in [4.78, 5) is 16.9. The van der Waals surface area contributed by atoms with Crippen molar-refractivity contribution in [2.75, 3.05) is 0 Å². The van der Waals surface area contributed by atoms with E-state index in [-0.39, 0.29) is 29.0 Å². The van der Waals surface area contributed by atoms with Crippen molar-refractivity contribution in [3.8, 4) is 23.0 Å². The molecule has 3 aromatic heterocycles. The van der Waals surface area contributed by atoms with Gasteiger partial charge < -0.3 is 9.97 Å². The molecule has 0 spiro atoms. The van der Waals surface area contributed by atoms with Crippen LogP contribution in [0.15, 0.2) is 65.6 Å². The van der Waals surface area contributed by atoms with Crippen LogP contribution in [0.5, 0.6) is 0 Å². The number of hydrogen-bond donors (Lipinski definition) is 2. The van der Waals surface area contributed by atoms with Gasteiger partial charge in [0.15, 0.2) is 11.6 Å². The molecule has 0 aliphatic heterocycles. The van der Waals surface area contributed by atoms with Gasteiger partial charge in [-0.05, 0) is 48.0 Å². The smallest absolute Gasteiger partial charge is 0.306 e. The van der Waals surface area contributed by atoms with Crippen molar-refractivity contribution in [1.29, 1.82) is 5.26 Å². The first-order valence-electron chi connectivity index (χ1n) is 10.5. The topological polar surface area (TPSA) is 121 Å². The number of halogens is 2. The number of rotatable bonds is 4. The molecule has 0 atom stereocenters. The predicted octanol–water partition coefficient (Wildman–Crippen LogP) is 3.65. The Bertz CT molecular complexity index is 1840. The molecule has 0 unspecified atom stereocenters. The lowest BCUT2D eigenvalue weighted by atomic mass is 10.1. The summed E-state index contributed by atoms with van der Waals surface area (Å²) in [6.07, 6.45) is 1.08. The van der Waals surface area contributed by atoms with E-state index in [2.05, 4.69) is 31.4 Å². The Morgan fingerprint density at radius 3 is 2.57 bits per heavy atom. The zero-order valence-corrected chi connectivity index (χ0v) is 17.8. The minimum Gasteiger partial charge on any atom is -0.306 e. The molecule has 35 heavy (non-hydrogen) atoms. The van der Waals surface area contributed by atoms with Crippen LogP contribution in [0.2, 0.25) is 0 Å². The van der Waals surface area contributed by atoms with Crippen molar-refractivity contribution in [3.63, 3.8) is 0 Å². The number of H-pyrrole nitrogens is 2. The fourth-order valence-electron chi connectivity index (χ4n) is 4.09. The highest BCUT2D eigenvalue weighted by molar-refractivity contribution is 5.84. The first-order chi connectivity index (χ1) is 17.0. The lowest BCUT2D eigenvalue weighted by Crippen LogP contribution is -2.05. The van der Waals surface area contributed by atoms with Crippen LogP contribution in [0.25, 0.3) is 39.0 Å². The van der Waals surface area contributed by atoms with Crippen LogP contribution < -0.4 is 5.69 Å². The number of nitriles is 1. The molecular formula is C24H14F2N8O. The summed E-state index contributed by atoms with van der Waals surface area (Å²) in [5.74, 6) is -1.27. The van der Waals surface area contributed by atoms with Crippen molar-refractivity contribution in [2.45, 2.75) is 6.54 Å². The highest BCUT2D eigenvalue weighted by Crippen LogP contribution is 2.30. The first-order valence-corrected chi connectivity index (χ1v) is 10.5. The van der Waals surface area contributed by atoms with Gasteiger partial charge >= 0.3 is 5.69 Å². The maximum Gasteiger partial charge on any atom is 0.323 e. The van der Waals surface area contributed by atoms with Crippen molar-refractivity contribution in [3.05, 3.63) is 94.0 Å². The van der Waals surface area contributed by atoms with Crippen molar-refractivity contribution in [2.24, 2.45) is 0 Å². The van der Waals surface area contributed by atoms with E-state index in [0.717, 1.165) is 11.8 Å². The summed E-state index contributed by atoms with van der Waals surface area (Å²) in [7, 11) is 0. The number of benzene rings is 3. The summed E-state index contributed by atoms with van der Waals surface area (Å²) in [6, 6.07) is 16.8. The maximum atomic E-state index is 15.0. The molecule has 6 rings (SSSR count). The van der Waals surface area contributed by atoms with Gasteiger partial charge in [0, 0.05) is 5.56 Å². The molecule has 0 aliphatic rings. The highest BCUT2D eigenvalue weighted by atomic mass is 19.1.